The van der Waals surface area contributed by atoms with Crippen molar-refractivity contribution >= 4 is 11.6 Å². The van der Waals surface area contributed by atoms with Gasteiger partial charge in [-0.25, -0.2) is 0 Å². The number of hydrogen-bond acceptors (Lipinski definition) is 2. The van der Waals surface area contributed by atoms with Gasteiger partial charge in [0.15, 0.2) is 0 Å². The van der Waals surface area contributed by atoms with Crippen LogP contribution in [0.3, 0.4) is 0 Å². The summed E-state index contributed by atoms with van der Waals surface area (Å²) in [5.41, 5.74) is 9.56. The zero-order chi connectivity index (χ0) is 14.7. The van der Waals surface area contributed by atoms with E-state index in [1.807, 2.05) is 29.8 Å². The Bertz CT molecular complexity index is 563. The molecule has 2 unspecified atom stereocenters. The second-order valence-electron chi connectivity index (χ2n) is 5.23. The molecule has 0 bridgehead atoms. The molecule has 20 heavy (non-hydrogen) atoms. The van der Waals surface area contributed by atoms with Crippen molar-refractivity contribution < 1.29 is 0 Å². The summed E-state index contributed by atoms with van der Waals surface area (Å²) >= 11 is 6.35. The van der Waals surface area contributed by atoms with Crippen LogP contribution in [0.4, 0.5) is 0 Å². The Morgan fingerprint density at radius 3 is 2.55 bits per heavy atom. The van der Waals surface area contributed by atoms with Crippen LogP contribution in [0.2, 0.25) is 5.02 Å². The summed E-state index contributed by atoms with van der Waals surface area (Å²) in [6.07, 6.45) is 0.740. The molecular weight excluding hydrogens is 270 g/mol. The minimum Gasteiger partial charge on any atom is -0.327 e. The fraction of sp³-hybridized carbons (Fsp3) is 0.438. The van der Waals surface area contributed by atoms with E-state index >= 15 is 0 Å². The number of rotatable bonds is 5. The summed E-state index contributed by atoms with van der Waals surface area (Å²) in [6.45, 7) is 6.98. The van der Waals surface area contributed by atoms with Gasteiger partial charge in [-0.15, -0.1) is 0 Å². The molecule has 1 aromatic heterocycles. The van der Waals surface area contributed by atoms with Gasteiger partial charge in [0.2, 0.25) is 0 Å². The fourth-order valence-electron chi connectivity index (χ4n) is 2.47. The Hall–Kier alpha value is -1.32. The molecule has 1 aromatic carbocycles. The molecule has 0 saturated carbocycles. The molecule has 2 rings (SSSR count). The Labute approximate surface area is 125 Å². The highest BCUT2D eigenvalue weighted by Crippen LogP contribution is 2.25. The molecule has 0 fully saturated rings. The van der Waals surface area contributed by atoms with Crippen molar-refractivity contribution in [1.29, 1.82) is 0 Å². The van der Waals surface area contributed by atoms with E-state index in [-0.39, 0.29) is 12.0 Å². The molecule has 0 aliphatic carbocycles. The largest absolute Gasteiger partial charge is 0.327 e. The van der Waals surface area contributed by atoms with Crippen molar-refractivity contribution in [2.24, 2.45) is 5.73 Å². The third-order valence-corrected chi connectivity index (χ3v) is 4.34. The summed E-state index contributed by atoms with van der Waals surface area (Å²) in [7, 11) is 0. The first-order valence-corrected chi connectivity index (χ1v) is 7.44. The number of nitrogens with two attached hydrogens (primary N) is 1. The van der Waals surface area contributed by atoms with Gasteiger partial charge in [0, 0.05) is 19.0 Å². The Morgan fingerprint density at radius 2 is 1.95 bits per heavy atom. The van der Waals surface area contributed by atoms with E-state index in [0.717, 1.165) is 29.4 Å². The summed E-state index contributed by atoms with van der Waals surface area (Å²) in [5.74, 6) is 0.285. The average Bonchev–Trinajstić information content (AvgIpc) is 2.75. The second kappa shape index (κ2) is 6.42. The van der Waals surface area contributed by atoms with Crippen LogP contribution >= 0.6 is 11.6 Å². The number of hydrogen-bond donors (Lipinski definition) is 1. The van der Waals surface area contributed by atoms with Crippen LogP contribution in [-0.2, 0) is 13.0 Å². The van der Waals surface area contributed by atoms with Crippen LogP contribution in [-0.4, -0.2) is 15.8 Å². The summed E-state index contributed by atoms with van der Waals surface area (Å²) in [5, 5.41) is 5.20. The average molecular weight is 292 g/mol. The molecule has 2 atom stereocenters. The van der Waals surface area contributed by atoms with E-state index < -0.39 is 0 Å². The van der Waals surface area contributed by atoms with Crippen molar-refractivity contribution in [3.05, 3.63) is 52.3 Å². The first-order chi connectivity index (χ1) is 9.54. The normalized spacial score (nSPS) is 14.2. The number of aromatic nitrogens is 2. The second-order valence-corrected chi connectivity index (χ2v) is 5.61. The van der Waals surface area contributed by atoms with Crippen molar-refractivity contribution in [3.8, 4) is 0 Å². The van der Waals surface area contributed by atoms with Gasteiger partial charge in [0.1, 0.15) is 0 Å². The maximum Gasteiger partial charge on any atom is 0.0847 e. The minimum absolute atomic E-state index is 0.0244. The van der Waals surface area contributed by atoms with Gasteiger partial charge in [-0.2, -0.15) is 5.10 Å². The van der Waals surface area contributed by atoms with Gasteiger partial charge in [-0.1, -0.05) is 48.9 Å². The number of nitrogens with zero attached hydrogens (tertiary/aromatic N) is 2. The zero-order valence-electron chi connectivity index (χ0n) is 12.3. The van der Waals surface area contributed by atoms with Crippen LogP contribution in [0, 0.1) is 6.92 Å². The molecule has 0 amide bonds. The molecule has 1 heterocycles. The van der Waals surface area contributed by atoms with Gasteiger partial charge in [-0.3, -0.25) is 4.68 Å². The van der Waals surface area contributed by atoms with Crippen molar-refractivity contribution in [3.63, 3.8) is 0 Å². The smallest absolute Gasteiger partial charge is 0.0847 e. The third kappa shape index (κ3) is 3.05. The molecule has 2 aromatic rings. The molecular formula is C16H22ClN3. The molecule has 0 aliphatic heterocycles. The van der Waals surface area contributed by atoms with E-state index in [0.29, 0.717) is 0 Å². The monoisotopic (exact) mass is 291 g/mol. The Balaban J connectivity index is 2.18. The van der Waals surface area contributed by atoms with Crippen molar-refractivity contribution in [2.75, 3.05) is 0 Å². The number of halogens is 1. The van der Waals surface area contributed by atoms with Crippen LogP contribution in [0.25, 0.3) is 0 Å². The number of aryl methyl sites for hydroxylation is 2. The predicted octanol–water partition coefficient (Wildman–Crippen LogP) is 3.54. The van der Waals surface area contributed by atoms with Gasteiger partial charge >= 0.3 is 0 Å². The van der Waals surface area contributed by atoms with Crippen LogP contribution < -0.4 is 5.73 Å². The summed E-state index contributed by atoms with van der Waals surface area (Å²) < 4.78 is 1.95. The van der Waals surface area contributed by atoms with Gasteiger partial charge in [-0.05, 0) is 25.3 Å². The summed E-state index contributed by atoms with van der Waals surface area (Å²) in [4.78, 5) is 0. The lowest BCUT2D eigenvalue weighted by Crippen LogP contribution is -2.30. The third-order valence-electron chi connectivity index (χ3n) is 3.85. The molecule has 3 nitrogen and oxygen atoms in total. The topological polar surface area (TPSA) is 43.8 Å². The molecule has 4 heteroatoms. The van der Waals surface area contributed by atoms with Crippen molar-refractivity contribution in [1.82, 2.24) is 9.78 Å². The molecule has 108 valence electrons. The van der Waals surface area contributed by atoms with E-state index in [1.165, 1.54) is 5.56 Å². The highest BCUT2D eigenvalue weighted by Gasteiger charge is 2.20. The molecule has 0 spiro atoms. The van der Waals surface area contributed by atoms with E-state index in [1.54, 1.807) is 0 Å². The van der Waals surface area contributed by atoms with Crippen LogP contribution in [0.15, 0.2) is 30.3 Å². The standard InChI is InChI=1S/C16H22ClN3/c1-4-20-15(16(17)12(3)19-20)10-14(18)11(2)13-8-6-5-7-9-13/h5-9,11,14H,4,10,18H2,1-3H3. The summed E-state index contributed by atoms with van der Waals surface area (Å²) in [6, 6.07) is 10.4. The fourth-order valence-corrected chi connectivity index (χ4v) is 2.68. The highest BCUT2D eigenvalue weighted by atomic mass is 35.5. The van der Waals surface area contributed by atoms with E-state index in [9.17, 15) is 0 Å². The first-order valence-electron chi connectivity index (χ1n) is 7.06. The highest BCUT2D eigenvalue weighted by molar-refractivity contribution is 6.31. The number of benzene rings is 1. The molecule has 2 N–H and O–H groups in total. The molecule has 0 saturated heterocycles. The molecule has 0 radical (unpaired) electrons. The van der Waals surface area contributed by atoms with E-state index in [2.05, 4.69) is 31.1 Å². The van der Waals surface area contributed by atoms with Gasteiger partial charge in [0.05, 0.1) is 16.4 Å². The van der Waals surface area contributed by atoms with Gasteiger partial charge in [0.25, 0.3) is 0 Å². The van der Waals surface area contributed by atoms with Crippen LogP contribution in [0.1, 0.15) is 36.7 Å². The first kappa shape index (κ1) is 15.1. The van der Waals surface area contributed by atoms with Gasteiger partial charge < -0.3 is 5.73 Å². The minimum atomic E-state index is 0.0244. The Kier molecular flexibility index (Phi) is 4.84. The Morgan fingerprint density at radius 1 is 1.30 bits per heavy atom. The zero-order valence-corrected chi connectivity index (χ0v) is 13.1. The SMILES string of the molecule is CCn1nc(C)c(Cl)c1CC(N)C(C)c1ccccc1. The quantitative estimate of drug-likeness (QED) is 0.916. The molecule has 0 aliphatic rings. The van der Waals surface area contributed by atoms with Crippen LogP contribution in [0.5, 0.6) is 0 Å². The van der Waals surface area contributed by atoms with E-state index in [4.69, 9.17) is 17.3 Å². The maximum atomic E-state index is 6.38. The predicted molar refractivity (Wildman–Crippen MR) is 84.2 cm³/mol. The lowest BCUT2D eigenvalue weighted by Gasteiger charge is -2.21. The lowest BCUT2D eigenvalue weighted by molar-refractivity contribution is 0.526. The maximum absolute atomic E-state index is 6.38. The lowest BCUT2D eigenvalue weighted by atomic mass is 9.91. The van der Waals surface area contributed by atoms with Crippen molar-refractivity contribution in [2.45, 2.75) is 45.7 Å².